The topological polar surface area (TPSA) is 29.5 Å². The van der Waals surface area contributed by atoms with Crippen LogP contribution in [0.5, 0.6) is 0 Å². The molecule has 1 amide bonds. The molecular formula is C16H25FNO2PS. The van der Waals surface area contributed by atoms with Crippen LogP contribution >= 0.6 is 21.0 Å². The summed E-state index contributed by atoms with van der Waals surface area (Å²) in [6, 6.07) is 6.46. The number of thioether (sulfide) groups is 1. The standard InChI is InChI=1S/C9H18NO2P.C7H7FS/c1-9(2,3)12-8(11)10-5-4-7(13)6-10;1-9-7-4-2-6(8)3-5-7/h7H,4-6,13H2,1-3H3;2-5H,1H3. The van der Waals surface area contributed by atoms with Crippen molar-refractivity contribution in [3.8, 4) is 0 Å². The molecule has 1 saturated heterocycles. The molecule has 2 unspecified atom stereocenters. The van der Waals surface area contributed by atoms with Crippen LogP contribution in [0.2, 0.25) is 0 Å². The van der Waals surface area contributed by atoms with Crippen LogP contribution in [-0.2, 0) is 4.74 Å². The number of nitrogens with zero attached hydrogens (tertiary/aromatic N) is 1. The second-order valence-corrected chi connectivity index (χ2v) is 7.96. The third-order valence-corrected chi connectivity index (χ3v) is 4.21. The van der Waals surface area contributed by atoms with Gasteiger partial charge >= 0.3 is 6.09 Å². The summed E-state index contributed by atoms with van der Waals surface area (Å²) in [6.45, 7) is 7.29. The highest BCUT2D eigenvalue weighted by Crippen LogP contribution is 2.19. The van der Waals surface area contributed by atoms with Gasteiger partial charge in [0.05, 0.1) is 0 Å². The molecule has 1 aromatic carbocycles. The van der Waals surface area contributed by atoms with Crippen LogP contribution in [0, 0.1) is 5.82 Å². The zero-order valence-electron chi connectivity index (χ0n) is 13.6. The first-order valence-corrected chi connectivity index (χ1v) is 9.13. The van der Waals surface area contributed by atoms with Gasteiger partial charge in [0.15, 0.2) is 0 Å². The molecule has 1 aromatic rings. The van der Waals surface area contributed by atoms with Crippen molar-refractivity contribution in [2.75, 3.05) is 19.3 Å². The second kappa shape index (κ2) is 8.73. The Morgan fingerprint density at radius 1 is 1.36 bits per heavy atom. The molecule has 1 fully saturated rings. The van der Waals surface area contributed by atoms with Gasteiger partial charge in [-0.25, -0.2) is 9.18 Å². The minimum absolute atomic E-state index is 0.173. The molecule has 0 spiro atoms. The van der Waals surface area contributed by atoms with Gasteiger partial charge < -0.3 is 9.64 Å². The highest BCUT2D eigenvalue weighted by Gasteiger charge is 2.27. The van der Waals surface area contributed by atoms with Crippen molar-refractivity contribution < 1.29 is 13.9 Å². The summed E-state index contributed by atoms with van der Waals surface area (Å²) in [5, 5.41) is 0. The van der Waals surface area contributed by atoms with E-state index in [0.29, 0.717) is 5.66 Å². The highest BCUT2D eigenvalue weighted by molar-refractivity contribution is 7.98. The van der Waals surface area contributed by atoms with E-state index >= 15 is 0 Å². The monoisotopic (exact) mass is 345 g/mol. The molecule has 22 heavy (non-hydrogen) atoms. The summed E-state index contributed by atoms with van der Waals surface area (Å²) in [5.41, 5.74) is 0.156. The maximum absolute atomic E-state index is 12.2. The molecule has 0 aliphatic carbocycles. The summed E-state index contributed by atoms with van der Waals surface area (Å²) in [5.74, 6) is -0.173. The Hall–Kier alpha value is -0.800. The van der Waals surface area contributed by atoms with E-state index in [2.05, 4.69) is 9.24 Å². The van der Waals surface area contributed by atoms with Crippen molar-refractivity contribution in [2.24, 2.45) is 0 Å². The van der Waals surface area contributed by atoms with Crippen molar-refractivity contribution in [2.45, 2.75) is 43.3 Å². The Bertz CT molecular complexity index is 476. The number of amides is 1. The van der Waals surface area contributed by atoms with Crippen LogP contribution in [0.3, 0.4) is 0 Å². The lowest BCUT2D eigenvalue weighted by Crippen LogP contribution is -2.35. The summed E-state index contributed by atoms with van der Waals surface area (Å²) in [7, 11) is 2.74. The third kappa shape index (κ3) is 7.46. The maximum atomic E-state index is 12.2. The first-order valence-electron chi connectivity index (χ1n) is 7.24. The number of hydrogen-bond acceptors (Lipinski definition) is 3. The number of hydrogen-bond donors (Lipinski definition) is 0. The van der Waals surface area contributed by atoms with E-state index in [4.69, 9.17) is 4.74 Å². The normalized spacial score (nSPS) is 17.7. The van der Waals surface area contributed by atoms with E-state index in [1.54, 1.807) is 28.8 Å². The van der Waals surface area contributed by atoms with Gasteiger partial charge in [0.2, 0.25) is 0 Å². The fourth-order valence-electron chi connectivity index (χ4n) is 1.85. The minimum atomic E-state index is -0.379. The zero-order valence-corrected chi connectivity index (χ0v) is 15.6. The zero-order chi connectivity index (χ0) is 16.8. The van der Waals surface area contributed by atoms with Gasteiger partial charge in [0, 0.05) is 18.0 Å². The van der Waals surface area contributed by atoms with E-state index in [-0.39, 0.29) is 17.5 Å². The summed E-state index contributed by atoms with van der Waals surface area (Å²) < 4.78 is 17.5. The van der Waals surface area contributed by atoms with Crippen LogP contribution < -0.4 is 0 Å². The predicted molar refractivity (Wildman–Crippen MR) is 94.1 cm³/mol. The summed E-state index contributed by atoms with van der Waals surface area (Å²) >= 11 is 1.61. The molecule has 0 bridgehead atoms. The molecule has 6 heteroatoms. The molecule has 124 valence electrons. The third-order valence-electron chi connectivity index (χ3n) is 2.93. The quantitative estimate of drug-likeness (QED) is 0.557. The van der Waals surface area contributed by atoms with Crippen molar-refractivity contribution in [3.63, 3.8) is 0 Å². The Balaban J connectivity index is 0.000000235. The Labute approximate surface area is 139 Å². The lowest BCUT2D eigenvalue weighted by Gasteiger charge is -2.24. The Kier molecular flexibility index (Phi) is 7.64. The number of carbonyl (C=O) groups excluding carboxylic acids is 1. The average molecular weight is 345 g/mol. The molecule has 2 rings (SSSR count). The van der Waals surface area contributed by atoms with Crippen LogP contribution in [0.15, 0.2) is 29.2 Å². The lowest BCUT2D eigenvalue weighted by atomic mass is 10.2. The highest BCUT2D eigenvalue weighted by atomic mass is 32.2. The van der Waals surface area contributed by atoms with E-state index in [0.717, 1.165) is 24.4 Å². The fourth-order valence-corrected chi connectivity index (χ4v) is 2.66. The average Bonchev–Trinajstić information content (AvgIpc) is 2.85. The molecule has 2 atom stereocenters. The predicted octanol–water partition coefficient (Wildman–Crippen LogP) is 4.42. The number of ether oxygens (including phenoxy) is 1. The Morgan fingerprint density at radius 3 is 2.36 bits per heavy atom. The molecule has 0 radical (unpaired) electrons. The van der Waals surface area contributed by atoms with Gasteiger partial charge in [-0.1, -0.05) is 0 Å². The minimum Gasteiger partial charge on any atom is -0.444 e. The second-order valence-electron chi connectivity index (χ2n) is 6.13. The summed E-state index contributed by atoms with van der Waals surface area (Å²) in [6.07, 6.45) is 2.84. The lowest BCUT2D eigenvalue weighted by molar-refractivity contribution is 0.0295. The molecular weight excluding hydrogens is 320 g/mol. The first-order chi connectivity index (χ1) is 10.2. The van der Waals surface area contributed by atoms with Crippen molar-refractivity contribution in [1.82, 2.24) is 4.90 Å². The molecule has 1 aliphatic heterocycles. The SMILES string of the molecule is CC(C)(C)OC(=O)N1CCC(P)C1.CSc1ccc(F)cc1. The first kappa shape index (κ1) is 19.2. The largest absolute Gasteiger partial charge is 0.444 e. The summed E-state index contributed by atoms with van der Waals surface area (Å²) in [4.78, 5) is 14.4. The van der Waals surface area contributed by atoms with Crippen molar-refractivity contribution in [3.05, 3.63) is 30.1 Å². The van der Waals surface area contributed by atoms with Gasteiger partial charge in [-0.2, -0.15) is 0 Å². The number of carbonyl (C=O) groups is 1. The fraction of sp³-hybridized carbons (Fsp3) is 0.562. The van der Waals surface area contributed by atoms with Crippen LogP contribution in [-0.4, -0.2) is 41.6 Å². The Morgan fingerprint density at radius 2 is 1.95 bits per heavy atom. The van der Waals surface area contributed by atoms with Gasteiger partial charge in [-0.05, 0) is 63.4 Å². The van der Waals surface area contributed by atoms with Crippen LogP contribution in [0.1, 0.15) is 27.2 Å². The molecule has 1 heterocycles. The van der Waals surface area contributed by atoms with E-state index in [9.17, 15) is 9.18 Å². The molecule has 3 nitrogen and oxygen atoms in total. The van der Waals surface area contributed by atoms with Gasteiger partial charge in [-0.15, -0.1) is 21.0 Å². The maximum Gasteiger partial charge on any atom is 0.410 e. The van der Waals surface area contributed by atoms with Crippen molar-refractivity contribution >= 4 is 27.1 Å². The van der Waals surface area contributed by atoms with E-state index < -0.39 is 0 Å². The van der Waals surface area contributed by atoms with Gasteiger partial charge in [0.1, 0.15) is 11.4 Å². The smallest absolute Gasteiger partial charge is 0.410 e. The number of halogens is 1. The van der Waals surface area contributed by atoms with Gasteiger partial charge in [0.25, 0.3) is 0 Å². The van der Waals surface area contributed by atoms with Gasteiger partial charge in [-0.3, -0.25) is 0 Å². The molecule has 0 N–H and O–H groups in total. The van der Waals surface area contributed by atoms with Crippen LogP contribution in [0.4, 0.5) is 9.18 Å². The molecule has 0 saturated carbocycles. The number of rotatable bonds is 1. The van der Waals surface area contributed by atoms with E-state index in [1.165, 1.54) is 12.1 Å². The molecule has 0 aromatic heterocycles. The van der Waals surface area contributed by atoms with Crippen LogP contribution in [0.25, 0.3) is 0 Å². The molecule has 1 aliphatic rings. The van der Waals surface area contributed by atoms with Crippen molar-refractivity contribution in [1.29, 1.82) is 0 Å². The number of likely N-dealkylation sites (tertiary alicyclic amines) is 1. The number of benzene rings is 1. The van der Waals surface area contributed by atoms with E-state index in [1.807, 2.05) is 27.0 Å².